The smallest absolute Gasteiger partial charge is 0.231 e. The van der Waals surface area contributed by atoms with Crippen LogP contribution in [0, 0.1) is 0 Å². The molecule has 2 unspecified atom stereocenters. The lowest BCUT2D eigenvalue weighted by atomic mass is 9.93. The Morgan fingerprint density at radius 3 is 2.67 bits per heavy atom. The Hall–Kier alpha value is -2.77. The van der Waals surface area contributed by atoms with Crippen molar-refractivity contribution in [3.63, 3.8) is 0 Å². The van der Waals surface area contributed by atoms with E-state index in [1.54, 1.807) is 18.0 Å². The number of ether oxygens (including phenoxy) is 1. The molecule has 0 radical (unpaired) electrons. The number of benzene rings is 1. The molecule has 1 N–H and O–H groups in total. The number of fused-ring (bicyclic) bond motifs is 1. The minimum absolute atomic E-state index is 0.0298. The van der Waals surface area contributed by atoms with Gasteiger partial charge in [-0.05, 0) is 17.2 Å². The number of hydrogen-bond acceptors (Lipinski definition) is 5. The molecule has 3 heterocycles. The number of hydrogen-bond donors (Lipinski definition) is 1. The van der Waals surface area contributed by atoms with Crippen LogP contribution in [-0.2, 0) is 20.9 Å². The Kier molecular flexibility index (Phi) is 6.40. The van der Waals surface area contributed by atoms with Crippen LogP contribution in [0.2, 0.25) is 0 Å². The number of nitrogens with zero attached hydrogens (tertiary/aromatic N) is 3. The summed E-state index contributed by atoms with van der Waals surface area (Å²) >= 11 is 0. The molecule has 1 saturated heterocycles. The Labute approximate surface area is 177 Å². The van der Waals surface area contributed by atoms with Gasteiger partial charge in [-0.1, -0.05) is 36.4 Å². The zero-order valence-electron chi connectivity index (χ0n) is 17.3. The van der Waals surface area contributed by atoms with Crippen LogP contribution >= 0.6 is 0 Å². The van der Waals surface area contributed by atoms with E-state index in [0.717, 1.165) is 24.3 Å². The standard InChI is InChI=1S/C23H28N4O3/c1-17(28)27-15-19-8-5-9-24-22(19)20(16-27)23(29)25-14-21(18-6-3-2-4-7-18)26-10-12-30-13-11-26/h2-9,20-21H,10-16H2,1H3,(H,25,29). The highest BCUT2D eigenvalue weighted by molar-refractivity contribution is 5.85. The molecular formula is C23H28N4O3. The lowest BCUT2D eigenvalue weighted by Gasteiger charge is -2.36. The normalized spacial score (nSPS) is 20.3. The van der Waals surface area contributed by atoms with Crippen molar-refractivity contribution in [3.8, 4) is 0 Å². The Balaban J connectivity index is 1.51. The number of aromatic nitrogens is 1. The summed E-state index contributed by atoms with van der Waals surface area (Å²) in [6, 6.07) is 14.1. The fourth-order valence-corrected chi connectivity index (χ4v) is 4.26. The summed E-state index contributed by atoms with van der Waals surface area (Å²) in [4.78, 5) is 33.7. The van der Waals surface area contributed by atoms with Gasteiger partial charge < -0.3 is 15.0 Å². The van der Waals surface area contributed by atoms with Gasteiger partial charge in [-0.3, -0.25) is 19.5 Å². The number of nitrogens with one attached hydrogen (secondary N) is 1. The molecule has 7 nitrogen and oxygen atoms in total. The van der Waals surface area contributed by atoms with Gasteiger partial charge in [-0.2, -0.15) is 0 Å². The van der Waals surface area contributed by atoms with Crippen LogP contribution in [-0.4, -0.2) is 66.0 Å². The van der Waals surface area contributed by atoms with E-state index in [9.17, 15) is 9.59 Å². The fraction of sp³-hybridized carbons (Fsp3) is 0.435. The summed E-state index contributed by atoms with van der Waals surface area (Å²) < 4.78 is 5.51. The van der Waals surface area contributed by atoms with Crippen molar-refractivity contribution >= 4 is 11.8 Å². The quantitative estimate of drug-likeness (QED) is 0.815. The minimum Gasteiger partial charge on any atom is -0.379 e. The average molecular weight is 409 g/mol. The molecule has 0 saturated carbocycles. The summed E-state index contributed by atoms with van der Waals surface area (Å²) in [5, 5.41) is 3.15. The van der Waals surface area contributed by atoms with Gasteiger partial charge in [0, 0.05) is 45.8 Å². The molecule has 2 aliphatic heterocycles. The Morgan fingerprint density at radius 1 is 1.17 bits per heavy atom. The minimum atomic E-state index is -0.458. The van der Waals surface area contributed by atoms with Crippen LogP contribution in [0.25, 0.3) is 0 Å². The summed E-state index contributed by atoms with van der Waals surface area (Å²) in [6.45, 7) is 5.97. The summed E-state index contributed by atoms with van der Waals surface area (Å²) in [5.74, 6) is -0.576. The van der Waals surface area contributed by atoms with Crippen LogP contribution in [0.3, 0.4) is 0 Å². The second-order valence-electron chi connectivity index (χ2n) is 7.82. The van der Waals surface area contributed by atoms with Crippen LogP contribution in [0.4, 0.5) is 0 Å². The molecule has 4 rings (SSSR count). The van der Waals surface area contributed by atoms with E-state index in [4.69, 9.17) is 4.74 Å². The van der Waals surface area contributed by atoms with E-state index >= 15 is 0 Å². The largest absolute Gasteiger partial charge is 0.379 e. The molecule has 0 bridgehead atoms. The van der Waals surface area contributed by atoms with Crippen molar-refractivity contribution in [1.29, 1.82) is 0 Å². The molecule has 0 spiro atoms. The van der Waals surface area contributed by atoms with E-state index in [1.165, 1.54) is 5.56 Å². The van der Waals surface area contributed by atoms with E-state index in [2.05, 4.69) is 27.3 Å². The maximum atomic E-state index is 13.2. The number of amides is 2. The number of rotatable bonds is 5. The van der Waals surface area contributed by atoms with Crippen molar-refractivity contribution in [1.82, 2.24) is 20.1 Å². The van der Waals surface area contributed by atoms with Gasteiger partial charge in [0.05, 0.1) is 30.9 Å². The van der Waals surface area contributed by atoms with Crippen molar-refractivity contribution in [2.24, 2.45) is 0 Å². The van der Waals surface area contributed by atoms with Crippen LogP contribution in [0.1, 0.15) is 35.7 Å². The van der Waals surface area contributed by atoms with Crippen LogP contribution in [0.15, 0.2) is 48.7 Å². The van der Waals surface area contributed by atoms with E-state index in [-0.39, 0.29) is 17.9 Å². The molecule has 7 heteroatoms. The van der Waals surface area contributed by atoms with Gasteiger partial charge in [-0.15, -0.1) is 0 Å². The predicted molar refractivity (Wildman–Crippen MR) is 113 cm³/mol. The van der Waals surface area contributed by atoms with Crippen molar-refractivity contribution in [2.45, 2.75) is 25.4 Å². The molecule has 2 aromatic rings. The molecule has 1 fully saturated rings. The van der Waals surface area contributed by atoms with E-state index < -0.39 is 5.92 Å². The van der Waals surface area contributed by atoms with Crippen molar-refractivity contribution < 1.29 is 14.3 Å². The first kappa shape index (κ1) is 20.5. The number of carbonyl (C=O) groups excluding carboxylic acids is 2. The maximum absolute atomic E-state index is 13.2. The first-order chi connectivity index (χ1) is 14.6. The summed E-state index contributed by atoms with van der Waals surface area (Å²) in [5.41, 5.74) is 2.88. The van der Waals surface area contributed by atoms with E-state index in [1.807, 2.05) is 30.3 Å². The molecule has 158 valence electrons. The Morgan fingerprint density at radius 2 is 1.93 bits per heavy atom. The third-order valence-electron chi connectivity index (χ3n) is 5.92. The molecular weight excluding hydrogens is 380 g/mol. The molecule has 0 aliphatic carbocycles. The fourth-order valence-electron chi connectivity index (χ4n) is 4.26. The number of carbonyl (C=O) groups is 2. The highest BCUT2D eigenvalue weighted by Crippen LogP contribution is 2.27. The lowest BCUT2D eigenvalue weighted by Crippen LogP contribution is -2.47. The van der Waals surface area contributed by atoms with Gasteiger partial charge in [0.1, 0.15) is 0 Å². The molecule has 2 amide bonds. The number of pyridine rings is 1. The van der Waals surface area contributed by atoms with Gasteiger partial charge in [-0.25, -0.2) is 0 Å². The first-order valence-electron chi connectivity index (χ1n) is 10.5. The lowest BCUT2D eigenvalue weighted by molar-refractivity contribution is -0.131. The molecule has 30 heavy (non-hydrogen) atoms. The van der Waals surface area contributed by atoms with Crippen molar-refractivity contribution in [3.05, 3.63) is 65.5 Å². The molecule has 2 atom stereocenters. The average Bonchev–Trinajstić information content (AvgIpc) is 2.79. The Bertz CT molecular complexity index is 883. The molecule has 2 aliphatic rings. The van der Waals surface area contributed by atoms with Gasteiger partial charge in [0.25, 0.3) is 0 Å². The topological polar surface area (TPSA) is 74.8 Å². The summed E-state index contributed by atoms with van der Waals surface area (Å²) in [6.07, 6.45) is 1.71. The zero-order valence-corrected chi connectivity index (χ0v) is 17.3. The van der Waals surface area contributed by atoms with Crippen LogP contribution in [0.5, 0.6) is 0 Å². The van der Waals surface area contributed by atoms with E-state index in [0.29, 0.717) is 32.8 Å². The third kappa shape index (κ3) is 4.52. The first-order valence-corrected chi connectivity index (χ1v) is 10.5. The third-order valence-corrected chi connectivity index (χ3v) is 5.92. The second-order valence-corrected chi connectivity index (χ2v) is 7.82. The van der Waals surface area contributed by atoms with Gasteiger partial charge >= 0.3 is 0 Å². The number of morpholine rings is 1. The monoisotopic (exact) mass is 408 g/mol. The van der Waals surface area contributed by atoms with Gasteiger partial charge in [0.15, 0.2) is 0 Å². The summed E-state index contributed by atoms with van der Waals surface area (Å²) in [7, 11) is 0. The maximum Gasteiger partial charge on any atom is 0.231 e. The molecule has 1 aromatic carbocycles. The SMILES string of the molecule is CC(=O)N1Cc2cccnc2C(C(=O)NCC(c2ccccc2)N2CCOCC2)C1. The predicted octanol–water partition coefficient (Wildman–Crippen LogP) is 1.72. The van der Waals surface area contributed by atoms with Crippen molar-refractivity contribution in [2.75, 3.05) is 39.4 Å². The highest BCUT2D eigenvalue weighted by Gasteiger charge is 2.33. The molecule has 1 aromatic heterocycles. The second kappa shape index (κ2) is 9.36. The van der Waals surface area contributed by atoms with Crippen LogP contribution < -0.4 is 5.32 Å². The van der Waals surface area contributed by atoms with Gasteiger partial charge in [0.2, 0.25) is 11.8 Å². The highest BCUT2D eigenvalue weighted by atomic mass is 16.5. The zero-order chi connectivity index (χ0) is 20.9.